The smallest absolute Gasteiger partial charge is 0.255 e. The van der Waals surface area contributed by atoms with E-state index in [-0.39, 0.29) is 0 Å². The predicted octanol–water partition coefficient (Wildman–Crippen LogP) is 2.25. The van der Waals surface area contributed by atoms with E-state index in [1.165, 1.54) is 6.33 Å². The number of nitrogens with zero attached hydrogens (tertiary/aromatic N) is 4. The van der Waals surface area contributed by atoms with Gasteiger partial charge < -0.3 is 5.32 Å². The third-order valence-electron chi connectivity index (χ3n) is 2.40. The molecule has 0 saturated heterocycles. The molecule has 0 radical (unpaired) electrons. The van der Waals surface area contributed by atoms with Crippen molar-refractivity contribution in [1.82, 2.24) is 19.6 Å². The highest BCUT2D eigenvalue weighted by atomic mass is 35.5. The molecule has 0 aromatic carbocycles. The molecule has 1 unspecified atom stereocenters. The Kier molecular flexibility index (Phi) is 3.73. The second kappa shape index (κ2) is 5.10. The van der Waals surface area contributed by atoms with E-state index < -0.39 is 0 Å². The number of hydrogen-bond donors (Lipinski definition) is 1. The van der Waals surface area contributed by atoms with Crippen molar-refractivity contribution in [2.45, 2.75) is 19.9 Å². The van der Waals surface area contributed by atoms with Gasteiger partial charge in [-0.2, -0.15) is 31.3 Å². The van der Waals surface area contributed by atoms with Gasteiger partial charge in [0.05, 0.1) is 0 Å². The number of fused-ring (bicyclic) bond motifs is 1. The maximum absolute atomic E-state index is 6.07. The summed E-state index contributed by atoms with van der Waals surface area (Å²) in [5.41, 5.74) is 0.887. The summed E-state index contributed by atoms with van der Waals surface area (Å²) in [6, 6.07) is 0.328. The summed E-state index contributed by atoms with van der Waals surface area (Å²) >= 11 is 7.86. The lowest BCUT2D eigenvalue weighted by molar-refractivity contribution is 0.853. The highest BCUT2D eigenvalue weighted by Crippen LogP contribution is 2.22. The first-order valence-electron chi connectivity index (χ1n) is 5.24. The molecule has 0 aliphatic heterocycles. The van der Waals surface area contributed by atoms with Crippen LogP contribution < -0.4 is 5.32 Å². The third-order valence-corrected chi connectivity index (χ3v) is 3.61. The summed E-state index contributed by atoms with van der Waals surface area (Å²) in [5, 5.41) is 8.01. The molecule has 92 valence electrons. The van der Waals surface area contributed by atoms with E-state index in [0.717, 1.165) is 17.1 Å². The zero-order valence-electron chi connectivity index (χ0n) is 9.94. The number of aromatic nitrogens is 4. The Morgan fingerprint density at radius 2 is 2.35 bits per heavy atom. The zero-order chi connectivity index (χ0) is 12.4. The first kappa shape index (κ1) is 12.4. The maximum atomic E-state index is 6.07. The van der Waals surface area contributed by atoms with Crippen LogP contribution in [0.25, 0.3) is 5.78 Å². The molecule has 5 nitrogen and oxygen atoms in total. The van der Waals surface area contributed by atoms with Crippen molar-refractivity contribution < 1.29 is 0 Å². The Hall–Kier alpha value is -1.01. The Morgan fingerprint density at radius 1 is 1.59 bits per heavy atom. The lowest BCUT2D eigenvalue weighted by Gasteiger charge is -2.16. The van der Waals surface area contributed by atoms with Gasteiger partial charge in [-0.15, -0.1) is 0 Å². The van der Waals surface area contributed by atoms with E-state index in [9.17, 15) is 0 Å². The molecule has 2 heterocycles. The Balaban J connectivity index is 2.43. The average Bonchev–Trinajstić information content (AvgIpc) is 2.72. The normalized spacial score (nSPS) is 12.9. The van der Waals surface area contributed by atoms with Gasteiger partial charge in [0, 0.05) is 17.4 Å². The minimum atomic E-state index is 0.328. The number of hydrogen-bond acceptors (Lipinski definition) is 5. The highest BCUT2D eigenvalue weighted by molar-refractivity contribution is 7.98. The molecule has 1 N–H and O–H groups in total. The first-order chi connectivity index (χ1) is 8.13. The number of anilines is 1. The lowest BCUT2D eigenvalue weighted by atomic mass is 10.3. The second-order valence-corrected chi connectivity index (χ2v) is 5.12. The molecule has 0 bridgehead atoms. The zero-order valence-corrected chi connectivity index (χ0v) is 11.5. The molecule has 0 aliphatic rings. The van der Waals surface area contributed by atoms with E-state index in [4.69, 9.17) is 11.6 Å². The van der Waals surface area contributed by atoms with Crippen LogP contribution in [0.2, 0.25) is 5.15 Å². The van der Waals surface area contributed by atoms with Crippen LogP contribution >= 0.6 is 23.4 Å². The minimum Gasteiger partial charge on any atom is -0.366 e. The maximum Gasteiger partial charge on any atom is 0.255 e. The van der Waals surface area contributed by atoms with Crippen molar-refractivity contribution >= 4 is 35.0 Å². The number of halogens is 1. The highest BCUT2D eigenvalue weighted by Gasteiger charge is 2.13. The second-order valence-electron chi connectivity index (χ2n) is 3.85. The summed E-state index contributed by atoms with van der Waals surface area (Å²) in [5.74, 6) is 2.38. The molecular formula is C10H14ClN5S. The van der Waals surface area contributed by atoms with Crippen LogP contribution in [0.5, 0.6) is 0 Å². The average molecular weight is 272 g/mol. The van der Waals surface area contributed by atoms with Crippen LogP contribution in [0.15, 0.2) is 6.33 Å². The summed E-state index contributed by atoms with van der Waals surface area (Å²) < 4.78 is 1.68. The molecule has 0 aliphatic carbocycles. The number of thioether (sulfide) groups is 1. The fourth-order valence-corrected chi connectivity index (χ4v) is 2.34. The summed E-state index contributed by atoms with van der Waals surface area (Å²) in [6.07, 6.45) is 3.55. The Labute approximate surface area is 109 Å². The molecular weight excluding hydrogens is 258 g/mol. The van der Waals surface area contributed by atoms with Crippen molar-refractivity contribution in [1.29, 1.82) is 0 Å². The van der Waals surface area contributed by atoms with Crippen LogP contribution in [0.4, 0.5) is 5.82 Å². The van der Waals surface area contributed by atoms with Crippen LogP contribution in [0.1, 0.15) is 12.5 Å². The largest absolute Gasteiger partial charge is 0.366 e. The van der Waals surface area contributed by atoms with Crippen LogP contribution in [-0.4, -0.2) is 37.6 Å². The van der Waals surface area contributed by atoms with Gasteiger partial charge in [0.2, 0.25) is 0 Å². The quantitative estimate of drug-likeness (QED) is 0.865. The molecule has 17 heavy (non-hydrogen) atoms. The molecule has 0 spiro atoms. The summed E-state index contributed by atoms with van der Waals surface area (Å²) in [4.78, 5) is 8.20. The van der Waals surface area contributed by atoms with Gasteiger partial charge in [0.25, 0.3) is 5.78 Å². The van der Waals surface area contributed by atoms with E-state index >= 15 is 0 Å². The van der Waals surface area contributed by atoms with Gasteiger partial charge in [-0.1, -0.05) is 11.6 Å². The van der Waals surface area contributed by atoms with Crippen molar-refractivity contribution in [2.75, 3.05) is 17.3 Å². The number of nitrogens with one attached hydrogen (secondary N) is 1. The third kappa shape index (κ3) is 2.47. The van der Waals surface area contributed by atoms with Gasteiger partial charge in [0.1, 0.15) is 17.3 Å². The van der Waals surface area contributed by atoms with Crippen LogP contribution in [0, 0.1) is 6.92 Å². The summed E-state index contributed by atoms with van der Waals surface area (Å²) in [6.45, 7) is 4.04. The number of rotatable bonds is 4. The molecule has 0 amide bonds. The molecule has 1 atom stereocenters. The monoisotopic (exact) mass is 271 g/mol. The first-order valence-corrected chi connectivity index (χ1v) is 7.02. The SMILES string of the molecule is CSCC(C)Nc1c(C)c(Cl)nc2ncnn12. The predicted molar refractivity (Wildman–Crippen MR) is 72.0 cm³/mol. The fraction of sp³-hybridized carbons (Fsp3) is 0.500. The van der Waals surface area contributed by atoms with E-state index in [0.29, 0.717) is 17.0 Å². The van der Waals surface area contributed by atoms with Crippen molar-refractivity contribution in [3.05, 3.63) is 17.0 Å². The molecule has 0 fully saturated rings. The van der Waals surface area contributed by atoms with Gasteiger partial charge in [-0.05, 0) is 20.1 Å². The minimum absolute atomic E-state index is 0.328. The van der Waals surface area contributed by atoms with Gasteiger partial charge in [-0.25, -0.2) is 0 Å². The molecule has 2 rings (SSSR count). The Morgan fingerprint density at radius 3 is 3.06 bits per heavy atom. The van der Waals surface area contributed by atoms with E-state index in [2.05, 4.69) is 33.6 Å². The van der Waals surface area contributed by atoms with Gasteiger partial charge in [0.15, 0.2) is 0 Å². The molecule has 2 aromatic heterocycles. The van der Waals surface area contributed by atoms with Crippen molar-refractivity contribution in [3.8, 4) is 0 Å². The van der Waals surface area contributed by atoms with Crippen molar-refractivity contribution in [2.24, 2.45) is 0 Å². The summed E-state index contributed by atoms with van der Waals surface area (Å²) in [7, 11) is 0. The van der Waals surface area contributed by atoms with Gasteiger partial charge >= 0.3 is 0 Å². The Bertz CT molecular complexity index is 527. The van der Waals surface area contributed by atoms with E-state index in [1.807, 2.05) is 6.92 Å². The van der Waals surface area contributed by atoms with Crippen LogP contribution in [-0.2, 0) is 0 Å². The fourth-order valence-electron chi connectivity index (χ4n) is 1.59. The van der Waals surface area contributed by atoms with Crippen molar-refractivity contribution in [3.63, 3.8) is 0 Å². The molecule has 2 aromatic rings. The standard InChI is InChI=1S/C10H14ClN5S/c1-6(4-17-3)14-9-7(2)8(11)15-10-12-5-13-16(9)10/h5-6,14H,4H2,1-3H3. The molecule has 7 heteroatoms. The van der Waals surface area contributed by atoms with Gasteiger partial charge in [-0.3, -0.25) is 0 Å². The lowest BCUT2D eigenvalue weighted by Crippen LogP contribution is -2.21. The molecule has 0 saturated carbocycles. The topological polar surface area (TPSA) is 55.1 Å². The van der Waals surface area contributed by atoms with Crippen LogP contribution in [0.3, 0.4) is 0 Å². The van der Waals surface area contributed by atoms with E-state index in [1.54, 1.807) is 16.3 Å².